The Labute approximate surface area is 164 Å². The molecule has 0 fully saturated rings. The lowest BCUT2D eigenvalue weighted by Crippen LogP contribution is -2.08. The number of benzene rings is 1. The third-order valence-electron chi connectivity index (χ3n) is 3.96. The van der Waals surface area contributed by atoms with E-state index in [0.29, 0.717) is 23.5 Å². The van der Waals surface area contributed by atoms with Gasteiger partial charge in [-0.05, 0) is 29.8 Å². The van der Waals surface area contributed by atoms with Gasteiger partial charge in [-0.1, -0.05) is 22.8 Å². The topological polar surface area (TPSA) is 91.5 Å². The van der Waals surface area contributed by atoms with Gasteiger partial charge in [0.2, 0.25) is 5.78 Å². The molecule has 0 unspecified atom stereocenters. The van der Waals surface area contributed by atoms with Gasteiger partial charge in [-0.2, -0.15) is 0 Å². The van der Waals surface area contributed by atoms with E-state index in [9.17, 15) is 9.59 Å². The Balaban J connectivity index is 1.42. The first-order valence-corrected chi connectivity index (χ1v) is 8.76. The van der Waals surface area contributed by atoms with E-state index in [0.717, 1.165) is 5.56 Å². The highest BCUT2D eigenvalue weighted by Gasteiger charge is 2.28. The van der Waals surface area contributed by atoms with E-state index < -0.39 is 5.97 Å². The zero-order valence-corrected chi connectivity index (χ0v) is 15.2. The normalized spacial score (nSPS) is 14.0. The fourth-order valence-electron chi connectivity index (χ4n) is 2.66. The van der Waals surface area contributed by atoms with Gasteiger partial charge in [-0.15, -0.1) is 0 Å². The number of hydrogen-bond acceptors (Lipinski definition) is 7. The number of carbonyl (C=O) groups excluding carboxylic acids is 2. The number of allylic oxidation sites excluding steroid dienone is 1. The maximum absolute atomic E-state index is 12.4. The minimum atomic E-state index is -0.456. The number of pyridine rings is 1. The molecule has 0 amide bonds. The van der Waals surface area contributed by atoms with Crippen molar-refractivity contribution in [1.29, 1.82) is 0 Å². The second-order valence-corrected chi connectivity index (χ2v) is 6.36. The van der Waals surface area contributed by atoms with Crippen molar-refractivity contribution in [3.63, 3.8) is 0 Å². The molecule has 7 nitrogen and oxygen atoms in total. The quantitative estimate of drug-likeness (QED) is 0.367. The molecule has 3 heterocycles. The zero-order chi connectivity index (χ0) is 19.5. The van der Waals surface area contributed by atoms with Crippen LogP contribution in [-0.4, -0.2) is 21.9 Å². The van der Waals surface area contributed by atoms with Gasteiger partial charge in [0.05, 0.1) is 12.0 Å². The van der Waals surface area contributed by atoms with Crippen LogP contribution in [0.5, 0.6) is 11.5 Å². The highest BCUT2D eigenvalue weighted by Crippen LogP contribution is 2.35. The van der Waals surface area contributed by atoms with Crippen LogP contribution in [0.25, 0.3) is 6.08 Å². The Morgan fingerprint density at radius 2 is 2.14 bits per heavy atom. The number of Topliss-reactive ketones (excluding diaryl/α,β-unsaturated/α-hetero) is 1. The summed E-state index contributed by atoms with van der Waals surface area (Å²) in [6.07, 6.45) is 5.29. The summed E-state index contributed by atoms with van der Waals surface area (Å²) in [6, 6.07) is 9.76. The summed E-state index contributed by atoms with van der Waals surface area (Å²) in [7, 11) is 0. The molecule has 0 aliphatic carbocycles. The second-order valence-electron chi connectivity index (χ2n) is 5.97. The summed E-state index contributed by atoms with van der Waals surface area (Å²) in [4.78, 5) is 28.5. The average molecular weight is 397 g/mol. The predicted octanol–water partition coefficient (Wildman–Crippen LogP) is 3.88. The molecule has 8 heteroatoms. The molecule has 3 aromatic rings. The lowest BCUT2D eigenvalue weighted by atomic mass is 10.1. The van der Waals surface area contributed by atoms with Gasteiger partial charge in [-0.25, -0.2) is 0 Å². The Morgan fingerprint density at radius 3 is 2.89 bits per heavy atom. The standard InChI is InChI=1S/C20H13ClN2O5/c21-18-10-14(28-23-18)4-6-19(24)26-13-3-5-15-16(9-13)27-17(20(15)25)8-12-2-1-7-22-11-12/h1-3,5,7-11H,4,6H2/b17-8-. The summed E-state index contributed by atoms with van der Waals surface area (Å²) >= 11 is 5.66. The monoisotopic (exact) mass is 396 g/mol. The molecule has 1 aliphatic heterocycles. The zero-order valence-electron chi connectivity index (χ0n) is 14.4. The van der Waals surface area contributed by atoms with Crippen LogP contribution in [0.4, 0.5) is 0 Å². The Bertz CT molecular complexity index is 1080. The molecule has 0 saturated carbocycles. The Morgan fingerprint density at radius 1 is 1.25 bits per heavy atom. The number of aryl methyl sites for hydroxylation is 1. The van der Waals surface area contributed by atoms with Crippen molar-refractivity contribution in [3.05, 3.63) is 76.6 Å². The number of ether oxygens (including phenoxy) is 2. The molecule has 4 rings (SSSR count). The molecule has 0 bridgehead atoms. The summed E-state index contributed by atoms with van der Waals surface area (Å²) in [5, 5.41) is 3.78. The van der Waals surface area contributed by atoms with Crippen LogP contribution in [0.3, 0.4) is 0 Å². The van der Waals surface area contributed by atoms with Gasteiger partial charge in [0.15, 0.2) is 10.9 Å². The van der Waals surface area contributed by atoms with E-state index in [1.54, 1.807) is 42.7 Å². The first-order valence-electron chi connectivity index (χ1n) is 8.38. The lowest BCUT2D eigenvalue weighted by molar-refractivity contribution is -0.134. The number of rotatable bonds is 5. The molecule has 0 saturated heterocycles. The number of carbonyl (C=O) groups is 2. The Hall–Kier alpha value is -3.45. The summed E-state index contributed by atoms with van der Waals surface area (Å²) in [5.41, 5.74) is 1.16. The first-order chi connectivity index (χ1) is 13.6. The van der Waals surface area contributed by atoms with Crippen LogP contribution in [0, 0.1) is 0 Å². The molecular formula is C20H13ClN2O5. The summed E-state index contributed by atoms with van der Waals surface area (Å²) in [5.74, 6) is 0.618. The van der Waals surface area contributed by atoms with Crippen molar-refractivity contribution in [2.45, 2.75) is 12.8 Å². The van der Waals surface area contributed by atoms with Crippen molar-refractivity contribution >= 4 is 29.4 Å². The third-order valence-corrected chi connectivity index (χ3v) is 4.14. The van der Waals surface area contributed by atoms with E-state index in [4.69, 9.17) is 25.6 Å². The molecule has 28 heavy (non-hydrogen) atoms. The maximum Gasteiger partial charge on any atom is 0.311 e. The van der Waals surface area contributed by atoms with Crippen LogP contribution in [-0.2, 0) is 11.2 Å². The second kappa shape index (κ2) is 7.66. The number of nitrogens with zero attached hydrogens (tertiary/aromatic N) is 2. The highest BCUT2D eigenvalue weighted by atomic mass is 35.5. The number of fused-ring (bicyclic) bond motifs is 1. The molecule has 1 aromatic carbocycles. The van der Waals surface area contributed by atoms with E-state index in [1.807, 2.05) is 6.07 Å². The number of aromatic nitrogens is 2. The van der Waals surface area contributed by atoms with Gasteiger partial charge < -0.3 is 14.0 Å². The fourth-order valence-corrected chi connectivity index (χ4v) is 2.81. The smallest absolute Gasteiger partial charge is 0.311 e. The molecule has 0 atom stereocenters. The van der Waals surface area contributed by atoms with Gasteiger partial charge in [0.25, 0.3) is 0 Å². The number of esters is 1. The van der Waals surface area contributed by atoms with Crippen molar-refractivity contribution in [2.24, 2.45) is 0 Å². The molecule has 2 aromatic heterocycles. The largest absolute Gasteiger partial charge is 0.452 e. The van der Waals surface area contributed by atoms with Gasteiger partial charge in [-0.3, -0.25) is 14.6 Å². The van der Waals surface area contributed by atoms with Gasteiger partial charge in [0.1, 0.15) is 17.3 Å². The molecular weight excluding hydrogens is 384 g/mol. The molecule has 0 radical (unpaired) electrons. The van der Waals surface area contributed by atoms with Crippen LogP contribution in [0.2, 0.25) is 5.15 Å². The van der Waals surface area contributed by atoms with Crippen molar-refractivity contribution in [3.8, 4) is 11.5 Å². The van der Waals surface area contributed by atoms with Crippen molar-refractivity contribution in [1.82, 2.24) is 10.1 Å². The fraction of sp³-hybridized carbons (Fsp3) is 0.100. The third kappa shape index (κ3) is 3.94. The van der Waals surface area contributed by atoms with E-state index in [2.05, 4.69) is 10.1 Å². The summed E-state index contributed by atoms with van der Waals surface area (Å²) in [6.45, 7) is 0. The molecule has 0 N–H and O–H groups in total. The van der Waals surface area contributed by atoms with E-state index in [1.165, 1.54) is 6.07 Å². The predicted molar refractivity (Wildman–Crippen MR) is 99.1 cm³/mol. The first kappa shape index (κ1) is 17.9. The molecule has 140 valence electrons. The highest BCUT2D eigenvalue weighted by molar-refractivity contribution is 6.29. The van der Waals surface area contributed by atoms with Gasteiger partial charge >= 0.3 is 5.97 Å². The van der Waals surface area contributed by atoms with Crippen molar-refractivity contribution in [2.75, 3.05) is 0 Å². The van der Waals surface area contributed by atoms with Crippen molar-refractivity contribution < 1.29 is 23.6 Å². The number of hydrogen-bond donors (Lipinski definition) is 0. The minimum Gasteiger partial charge on any atom is -0.452 e. The molecule has 0 spiro atoms. The van der Waals surface area contributed by atoms with Crippen LogP contribution >= 0.6 is 11.6 Å². The van der Waals surface area contributed by atoms with E-state index >= 15 is 0 Å². The minimum absolute atomic E-state index is 0.0918. The molecule has 1 aliphatic rings. The van der Waals surface area contributed by atoms with Gasteiger partial charge in [0, 0.05) is 30.9 Å². The maximum atomic E-state index is 12.4. The van der Waals surface area contributed by atoms with E-state index in [-0.39, 0.29) is 28.9 Å². The number of ketones is 1. The lowest BCUT2D eigenvalue weighted by Gasteiger charge is -2.05. The SMILES string of the molecule is O=C(CCc1cc(Cl)no1)Oc1ccc2c(c1)O/C(=C\c1cccnc1)C2=O. The van der Waals surface area contributed by atoms with Crippen LogP contribution in [0.15, 0.2) is 59.1 Å². The van der Waals surface area contributed by atoms with Crippen LogP contribution in [0.1, 0.15) is 28.1 Å². The average Bonchev–Trinajstić information content (AvgIpc) is 3.24. The Kier molecular flexibility index (Phi) is 4.90. The number of halogens is 1. The van der Waals surface area contributed by atoms with Crippen LogP contribution < -0.4 is 9.47 Å². The summed E-state index contributed by atoms with van der Waals surface area (Å²) < 4.78 is 15.9.